The van der Waals surface area contributed by atoms with E-state index in [-0.39, 0.29) is 5.92 Å². The van der Waals surface area contributed by atoms with Crippen molar-refractivity contribution in [3.8, 4) is 0 Å². The molecule has 0 amide bonds. The Hall–Kier alpha value is -0.530. The van der Waals surface area contributed by atoms with Gasteiger partial charge in [0.2, 0.25) is 0 Å². The van der Waals surface area contributed by atoms with Crippen LogP contribution in [-0.4, -0.2) is 11.1 Å². The first-order valence-corrected chi connectivity index (χ1v) is 6.28. The zero-order valence-electron chi connectivity index (χ0n) is 10.2. The molecule has 2 nitrogen and oxygen atoms in total. The Balaban J connectivity index is 3.25. The predicted octanol–water partition coefficient (Wildman–Crippen LogP) is 4.05. The van der Waals surface area contributed by atoms with Crippen molar-refractivity contribution in [1.29, 1.82) is 0 Å². The number of hydrogen-bond donors (Lipinski definition) is 1. The lowest BCUT2D eigenvalue weighted by Crippen LogP contribution is -2.12. The molecule has 0 aliphatic rings. The molecule has 0 aromatic heterocycles. The first-order valence-electron chi connectivity index (χ1n) is 6.28. The summed E-state index contributed by atoms with van der Waals surface area (Å²) < 4.78 is 0. The Kier molecular flexibility index (Phi) is 9.65. The molecule has 2 heteroatoms. The molecule has 0 spiro atoms. The minimum atomic E-state index is -0.677. The van der Waals surface area contributed by atoms with Crippen LogP contribution in [0.25, 0.3) is 0 Å². The van der Waals surface area contributed by atoms with Crippen molar-refractivity contribution in [3.05, 3.63) is 6.42 Å². The van der Waals surface area contributed by atoms with Crippen LogP contribution >= 0.6 is 0 Å². The summed E-state index contributed by atoms with van der Waals surface area (Å²) in [6, 6.07) is 0. The van der Waals surface area contributed by atoms with E-state index < -0.39 is 5.97 Å². The topological polar surface area (TPSA) is 37.3 Å². The van der Waals surface area contributed by atoms with Gasteiger partial charge in [-0.05, 0) is 19.3 Å². The Morgan fingerprint density at radius 2 is 1.73 bits per heavy atom. The lowest BCUT2D eigenvalue weighted by molar-refractivity contribution is -0.140. The fourth-order valence-corrected chi connectivity index (χ4v) is 1.69. The standard InChI is InChI=1S/C13H25O2/c1-3-5-6-7-8-9-10-11-12(4-2)13(14)15/h11-12H,3-10H2,1-2H3,(H,14,15). The molecule has 0 aromatic carbocycles. The quantitative estimate of drug-likeness (QED) is 0.556. The molecule has 15 heavy (non-hydrogen) atoms. The maximum atomic E-state index is 10.7. The molecule has 0 bridgehead atoms. The van der Waals surface area contributed by atoms with Crippen LogP contribution in [0.2, 0.25) is 0 Å². The van der Waals surface area contributed by atoms with Gasteiger partial charge >= 0.3 is 5.97 Å². The maximum Gasteiger partial charge on any atom is 0.306 e. The third kappa shape index (κ3) is 8.46. The second-order valence-electron chi connectivity index (χ2n) is 4.15. The highest BCUT2D eigenvalue weighted by molar-refractivity contribution is 5.71. The molecular formula is C13H25O2. The molecule has 0 aromatic rings. The van der Waals surface area contributed by atoms with E-state index >= 15 is 0 Å². The summed E-state index contributed by atoms with van der Waals surface area (Å²) >= 11 is 0. The maximum absolute atomic E-state index is 10.7. The zero-order valence-corrected chi connectivity index (χ0v) is 10.2. The molecule has 1 unspecified atom stereocenters. The van der Waals surface area contributed by atoms with E-state index in [1.54, 1.807) is 0 Å². The molecule has 0 fully saturated rings. The first-order chi connectivity index (χ1) is 7.22. The normalized spacial score (nSPS) is 12.7. The molecule has 89 valence electrons. The molecule has 0 heterocycles. The highest BCUT2D eigenvalue weighted by Crippen LogP contribution is 2.14. The van der Waals surface area contributed by atoms with Gasteiger partial charge in [0.25, 0.3) is 0 Å². The smallest absolute Gasteiger partial charge is 0.306 e. The molecule has 0 aliphatic carbocycles. The van der Waals surface area contributed by atoms with E-state index in [1.807, 2.05) is 13.3 Å². The molecule has 0 aliphatic heterocycles. The van der Waals surface area contributed by atoms with Crippen LogP contribution in [-0.2, 0) is 4.79 Å². The van der Waals surface area contributed by atoms with Crippen molar-refractivity contribution in [2.45, 2.75) is 65.2 Å². The van der Waals surface area contributed by atoms with Crippen LogP contribution < -0.4 is 0 Å². The van der Waals surface area contributed by atoms with Crippen molar-refractivity contribution in [2.24, 2.45) is 5.92 Å². The van der Waals surface area contributed by atoms with Crippen molar-refractivity contribution < 1.29 is 9.90 Å². The molecule has 0 saturated heterocycles. The summed E-state index contributed by atoms with van der Waals surface area (Å²) in [5.74, 6) is -0.913. The van der Waals surface area contributed by atoms with E-state index in [2.05, 4.69) is 6.92 Å². The number of carbonyl (C=O) groups is 1. The van der Waals surface area contributed by atoms with E-state index in [0.29, 0.717) is 6.42 Å². The molecule has 1 N–H and O–H groups in total. The van der Waals surface area contributed by atoms with Crippen molar-refractivity contribution in [3.63, 3.8) is 0 Å². The van der Waals surface area contributed by atoms with Gasteiger partial charge in [-0.25, -0.2) is 0 Å². The predicted molar refractivity (Wildman–Crippen MR) is 63.7 cm³/mol. The third-order valence-corrected chi connectivity index (χ3v) is 2.77. The summed E-state index contributed by atoms with van der Waals surface area (Å²) in [6.07, 6.45) is 11.3. The van der Waals surface area contributed by atoms with Gasteiger partial charge in [0.15, 0.2) is 0 Å². The molecule has 0 saturated carbocycles. The van der Waals surface area contributed by atoms with Crippen LogP contribution in [0.3, 0.4) is 0 Å². The van der Waals surface area contributed by atoms with Crippen LogP contribution in [0, 0.1) is 12.3 Å². The van der Waals surface area contributed by atoms with Crippen LogP contribution in [0.1, 0.15) is 65.2 Å². The second-order valence-corrected chi connectivity index (χ2v) is 4.15. The Morgan fingerprint density at radius 3 is 2.27 bits per heavy atom. The number of hydrogen-bond acceptors (Lipinski definition) is 1. The average molecular weight is 213 g/mol. The fraction of sp³-hybridized carbons (Fsp3) is 0.846. The summed E-state index contributed by atoms with van der Waals surface area (Å²) in [5, 5.41) is 8.81. The van der Waals surface area contributed by atoms with Gasteiger partial charge in [0.1, 0.15) is 0 Å². The van der Waals surface area contributed by atoms with Crippen molar-refractivity contribution in [1.82, 2.24) is 0 Å². The van der Waals surface area contributed by atoms with E-state index in [4.69, 9.17) is 5.11 Å². The van der Waals surface area contributed by atoms with Gasteiger partial charge in [-0.15, -0.1) is 0 Å². The molecule has 0 rings (SSSR count). The molecular weight excluding hydrogens is 188 g/mol. The number of carboxylic acid groups (broad SMARTS) is 1. The van der Waals surface area contributed by atoms with Gasteiger partial charge in [0, 0.05) is 0 Å². The van der Waals surface area contributed by atoms with Crippen molar-refractivity contribution in [2.75, 3.05) is 0 Å². The zero-order chi connectivity index (χ0) is 11.5. The van der Waals surface area contributed by atoms with E-state index in [1.165, 1.54) is 32.1 Å². The third-order valence-electron chi connectivity index (χ3n) is 2.77. The summed E-state index contributed by atoms with van der Waals surface area (Å²) in [5.41, 5.74) is 0. The number of rotatable bonds is 10. The number of aliphatic carboxylic acids is 1. The minimum absolute atomic E-state index is 0.236. The van der Waals surface area contributed by atoms with Crippen molar-refractivity contribution >= 4 is 5.97 Å². The van der Waals surface area contributed by atoms with Gasteiger partial charge in [-0.3, -0.25) is 4.79 Å². The van der Waals surface area contributed by atoms with E-state index in [0.717, 1.165) is 12.8 Å². The lowest BCUT2D eigenvalue weighted by Gasteiger charge is -2.08. The monoisotopic (exact) mass is 213 g/mol. The lowest BCUT2D eigenvalue weighted by atomic mass is 9.98. The summed E-state index contributed by atoms with van der Waals surface area (Å²) in [4.78, 5) is 10.7. The van der Waals surface area contributed by atoms with Crippen LogP contribution in [0.4, 0.5) is 0 Å². The Labute approximate surface area is 94.1 Å². The molecule has 1 atom stereocenters. The first kappa shape index (κ1) is 14.5. The highest BCUT2D eigenvalue weighted by Gasteiger charge is 2.13. The SMILES string of the molecule is CCCCCCCC[CH]C(CC)C(=O)O. The Bertz CT molecular complexity index is 155. The van der Waals surface area contributed by atoms with Gasteiger partial charge < -0.3 is 5.11 Å². The van der Waals surface area contributed by atoms with Gasteiger partial charge in [-0.1, -0.05) is 52.4 Å². The fourth-order valence-electron chi connectivity index (χ4n) is 1.69. The van der Waals surface area contributed by atoms with Gasteiger partial charge in [0.05, 0.1) is 5.92 Å². The van der Waals surface area contributed by atoms with Crippen LogP contribution in [0.5, 0.6) is 0 Å². The van der Waals surface area contributed by atoms with Crippen LogP contribution in [0.15, 0.2) is 0 Å². The van der Waals surface area contributed by atoms with Gasteiger partial charge in [-0.2, -0.15) is 0 Å². The second kappa shape index (κ2) is 10.0. The minimum Gasteiger partial charge on any atom is -0.481 e. The highest BCUT2D eigenvalue weighted by atomic mass is 16.4. The number of unbranched alkanes of at least 4 members (excludes halogenated alkanes) is 6. The Morgan fingerprint density at radius 1 is 1.13 bits per heavy atom. The largest absolute Gasteiger partial charge is 0.481 e. The molecule has 1 radical (unpaired) electrons. The van der Waals surface area contributed by atoms with E-state index in [9.17, 15) is 4.79 Å². The number of carboxylic acids is 1. The summed E-state index contributed by atoms with van der Waals surface area (Å²) in [6.45, 7) is 4.14. The summed E-state index contributed by atoms with van der Waals surface area (Å²) in [7, 11) is 0. The average Bonchev–Trinajstić information content (AvgIpc) is 2.21.